The Morgan fingerprint density at radius 3 is 2.52 bits per heavy atom. The number of benzene rings is 2. The first kappa shape index (κ1) is 15.5. The minimum atomic E-state index is -0.606. The van der Waals surface area contributed by atoms with E-state index < -0.39 is 4.92 Å². The number of nitro benzene ring substituents is 1. The maximum absolute atomic E-state index is 11.9. The second kappa shape index (κ2) is 6.69. The Balaban J connectivity index is 2.11. The van der Waals surface area contributed by atoms with Crippen LogP contribution in [0.2, 0.25) is 5.02 Å². The highest BCUT2D eigenvalue weighted by atomic mass is 79.9. The topological polar surface area (TPSA) is 69.4 Å². The molecule has 21 heavy (non-hydrogen) atoms. The molecule has 0 aromatic heterocycles. The summed E-state index contributed by atoms with van der Waals surface area (Å²) < 4.78 is 6.09. The summed E-state index contributed by atoms with van der Waals surface area (Å²) in [4.78, 5) is 22.2. The van der Waals surface area contributed by atoms with Gasteiger partial charge in [0.15, 0.2) is 18.1 Å². The molecule has 0 aliphatic heterocycles. The number of hydrogen-bond acceptors (Lipinski definition) is 4. The Hall–Kier alpha value is -1.92. The van der Waals surface area contributed by atoms with Gasteiger partial charge in [0.25, 0.3) is 0 Å². The van der Waals surface area contributed by atoms with E-state index in [9.17, 15) is 14.9 Å². The van der Waals surface area contributed by atoms with E-state index in [2.05, 4.69) is 15.9 Å². The van der Waals surface area contributed by atoms with Crippen LogP contribution in [-0.4, -0.2) is 17.3 Å². The van der Waals surface area contributed by atoms with E-state index in [-0.39, 0.29) is 28.8 Å². The molecule has 0 aliphatic rings. The number of halogens is 2. The molecular formula is C14H9BrClNO4. The van der Waals surface area contributed by atoms with Crippen LogP contribution in [0.15, 0.2) is 46.9 Å². The summed E-state index contributed by atoms with van der Waals surface area (Å²) in [5.41, 5.74) is 0.195. The maximum Gasteiger partial charge on any atom is 0.312 e. The Morgan fingerprint density at radius 2 is 1.90 bits per heavy atom. The van der Waals surface area contributed by atoms with Crippen LogP contribution in [0.4, 0.5) is 5.69 Å². The molecule has 0 fully saturated rings. The average molecular weight is 371 g/mol. The van der Waals surface area contributed by atoms with E-state index in [1.807, 2.05) is 0 Å². The van der Waals surface area contributed by atoms with Crippen molar-refractivity contribution in [2.75, 3.05) is 6.61 Å². The van der Waals surface area contributed by atoms with Crippen LogP contribution in [0.25, 0.3) is 0 Å². The van der Waals surface area contributed by atoms with Gasteiger partial charge in [-0.25, -0.2) is 0 Å². The molecular weight excluding hydrogens is 362 g/mol. The molecule has 2 aromatic rings. The molecule has 0 saturated heterocycles. The number of Topliss-reactive ketones (excluding diaryl/α,β-unsaturated/α-hetero) is 1. The van der Waals surface area contributed by atoms with E-state index in [1.165, 1.54) is 18.2 Å². The molecule has 0 radical (unpaired) electrons. The lowest BCUT2D eigenvalue weighted by atomic mass is 10.1. The van der Waals surface area contributed by atoms with Crippen molar-refractivity contribution in [3.8, 4) is 5.75 Å². The van der Waals surface area contributed by atoms with Gasteiger partial charge >= 0.3 is 5.69 Å². The normalized spacial score (nSPS) is 10.2. The Bertz CT molecular complexity index is 688. The number of carbonyl (C=O) groups is 1. The van der Waals surface area contributed by atoms with E-state index >= 15 is 0 Å². The first-order valence-electron chi connectivity index (χ1n) is 5.83. The van der Waals surface area contributed by atoms with Gasteiger partial charge in [0, 0.05) is 21.1 Å². The predicted octanol–water partition coefficient (Wildman–Crippen LogP) is 4.27. The third-order valence-electron chi connectivity index (χ3n) is 2.64. The zero-order valence-corrected chi connectivity index (χ0v) is 12.9. The summed E-state index contributed by atoms with van der Waals surface area (Å²) >= 11 is 8.98. The van der Waals surface area contributed by atoms with Crippen LogP contribution >= 0.6 is 27.5 Å². The molecule has 0 heterocycles. The number of nitrogens with zero attached hydrogens (tertiary/aromatic N) is 1. The average Bonchev–Trinajstić information content (AvgIpc) is 2.46. The Morgan fingerprint density at radius 1 is 1.24 bits per heavy atom. The highest BCUT2D eigenvalue weighted by molar-refractivity contribution is 9.10. The first-order valence-corrected chi connectivity index (χ1v) is 7.00. The first-order chi connectivity index (χ1) is 9.97. The predicted molar refractivity (Wildman–Crippen MR) is 82.1 cm³/mol. The number of nitro groups is 1. The molecule has 2 aromatic carbocycles. The van der Waals surface area contributed by atoms with Gasteiger partial charge in [-0.15, -0.1) is 0 Å². The number of carbonyl (C=O) groups excluding carboxylic acids is 1. The lowest BCUT2D eigenvalue weighted by Crippen LogP contribution is -2.12. The molecule has 0 spiro atoms. The lowest BCUT2D eigenvalue weighted by molar-refractivity contribution is -0.385. The second-order valence-corrected chi connectivity index (χ2v) is 5.44. The number of rotatable bonds is 5. The van der Waals surface area contributed by atoms with Gasteiger partial charge in [-0.05, 0) is 24.3 Å². The van der Waals surface area contributed by atoms with E-state index in [4.69, 9.17) is 16.3 Å². The fourth-order valence-electron chi connectivity index (χ4n) is 1.62. The smallest absolute Gasteiger partial charge is 0.312 e. The van der Waals surface area contributed by atoms with Crippen molar-refractivity contribution in [3.63, 3.8) is 0 Å². The molecule has 0 saturated carbocycles. The molecule has 7 heteroatoms. The summed E-state index contributed by atoms with van der Waals surface area (Å²) in [7, 11) is 0. The minimum Gasteiger partial charge on any atom is -0.478 e. The van der Waals surface area contributed by atoms with Gasteiger partial charge in [-0.1, -0.05) is 39.7 Å². The van der Waals surface area contributed by atoms with Gasteiger partial charge in [0.05, 0.1) is 4.92 Å². The SMILES string of the molecule is O=C(COc1ccc(Cl)cc1[N+](=O)[O-])c1ccc(Br)cc1. The molecule has 0 aliphatic carbocycles. The largest absolute Gasteiger partial charge is 0.478 e. The van der Waals surface area contributed by atoms with Crippen molar-refractivity contribution in [1.29, 1.82) is 0 Å². The number of hydrogen-bond donors (Lipinski definition) is 0. The molecule has 108 valence electrons. The van der Waals surface area contributed by atoms with Crippen LogP contribution in [0.1, 0.15) is 10.4 Å². The number of ether oxygens (including phenoxy) is 1. The summed E-state index contributed by atoms with van der Waals surface area (Å²) in [5, 5.41) is 11.1. The third kappa shape index (κ3) is 4.03. The molecule has 0 atom stereocenters. The van der Waals surface area contributed by atoms with Gasteiger partial charge in [-0.2, -0.15) is 0 Å². The Kier molecular flexibility index (Phi) is 4.93. The summed E-state index contributed by atoms with van der Waals surface area (Å²) in [5.74, 6) is -0.262. The van der Waals surface area contributed by atoms with Crippen molar-refractivity contribution < 1.29 is 14.5 Å². The van der Waals surface area contributed by atoms with Crippen LogP contribution in [0.5, 0.6) is 5.75 Å². The quantitative estimate of drug-likeness (QED) is 0.448. The standard InChI is InChI=1S/C14H9BrClNO4/c15-10-3-1-9(2-4-10)13(18)8-21-14-6-5-11(16)7-12(14)17(19)20/h1-7H,8H2. The van der Waals surface area contributed by atoms with Gasteiger partial charge in [0.1, 0.15) is 0 Å². The van der Waals surface area contributed by atoms with E-state index in [1.54, 1.807) is 24.3 Å². The zero-order chi connectivity index (χ0) is 15.4. The van der Waals surface area contributed by atoms with Crippen LogP contribution < -0.4 is 4.74 Å². The van der Waals surface area contributed by atoms with Crippen LogP contribution in [0.3, 0.4) is 0 Å². The monoisotopic (exact) mass is 369 g/mol. The minimum absolute atomic E-state index is 0.00913. The van der Waals surface area contributed by atoms with Crippen molar-refractivity contribution >= 4 is 39.0 Å². The fraction of sp³-hybridized carbons (Fsp3) is 0.0714. The van der Waals surface area contributed by atoms with Gasteiger partial charge in [-0.3, -0.25) is 14.9 Å². The third-order valence-corrected chi connectivity index (χ3v) is 3.41. The van der Waals surface area contributed by atoms with Crippen molar-refractivity contribution in [2.24, 2.45) is 0 Å². The van der Waals surface area contributed by atoms with Gasteiger partial charge < -0.3 is 4.74 Å². The molecule has 5 nitrogen and oxygen atoms in total. The Labute approximate surface area is 133 Å². The summed E-state index contributed by atoms with van der Waals surface area (Å²) in [6.07, 6.45) is 0. The second-order valence-electron chi connectivity index (χ2n) is 4.09. The summed E-state index contributed by atoms with van der Waals surface area (Å²) in [6, 6.07) is 10.8. The van der Waals surface area contributed by atoms with E-state index in [0.29, 0.717) is 5.56 Å². The highest BCUT2D eigenvalue weighted by Crippen LogP contribution is 2.29. The highest BCUT2D eigenvalue weighted by Gasteiger charge is 2.17. The molecule has 0 unspecified atom stereocenters. The molecule has 0 bridgehead atoms. The maximum atomic E-state index is 11.9. The zero-order valence-electron chi connectivity index (χ0n) is 10.6. The van der Waals surface area contributed by atoms with Crippen molar-refractivity contribution in [1.82, 2.24) is 0 Å². The molecule has 0 N–H and O–H groups in total. The molecule has 0 amide bonds. The van der Waals surface area contributed by atoms with Crippen LogP contribution in [0, 0.1) is 10.1 Å². The van der Waals surface area contributed by atoms with Crippen molar-refractivity contribution in [3.05, 3.63) is 67.6 Å². The van der Waals surface area contributed by atoms with Gasteiger partial charge in [0.2, 0.25) is 0 Å². The number of ketones is 1. The summed E-state index contributed by atoms with van der Waals surface area (Å²) in [6.45, 7) is -0.288. The lowest BCUT2D eigenvalue weighted by Gasteiger charge is -2.06. The van der Waals surface area contributed by atoms with E-state index in [0.717, 1.165) is 4.47 Å². The van der Waals surface area contributed by atoms with Crippen LogP contribution in [-0.2, 0) is 0 Å². The molecule has 2 rings (SSSR count). The van der Waals surface area contributed by atoms with Crippen molar-refractivity contribution in [2.45, 2.75) is 0 Å². The fourth-order valence-corrected chi connectivity index (χ4v) is 2.05.